The lowest BCUT2D eigenvalue weighted by Crippen LogP contribution is -2.36. The predicted octanol–water partition coefficient (Wildman–Crippen LogP) is 3.19. The Hall–Kier alpha value is -2.82. The number of nitrogens with zero attached hydrogens (tertiary/aromatic N) is 3. The third kappa shape index (κ3) is 2.30. The van der Waals surface area contributed by atoms with E-state index >= 15 is 0 Å². The quantitative estimate of drug-likeness (QED) is 0.783. The highest BCUT2D eigenvalue weighted by Gasteiger charge is 2.53. The van der Waals surface area contributed by atoms with Crippen molar-refractivity contribution in [3.05, 3.63) is 59.4 Å². The van der Waals surface area contributed by atoms with Crippen LogP contribution in [0.15, 0.2) is 42.6 Å². The zero-order valence-electron chi connectivity index (χ0n) is 15.7. The summed E-state index contributed by atoms with van der Waals surface area (Å²) in [6.45, 7) is 3.05. The van der Waals surface area contributed by atoms with Crippen LogP contribution in [0.5, 0.6) is 0 Å². The van der Waals surface area contributed by atoms with Gasteiger partial charge in [0.2, 0.25) is 5.91 Å². The molecule has 2 amide bonds. The van der Waals surface area contributed by atoms with Crippen molar-refractivity contribution in [1.82, 2.24) is 14.4 Å². The van der Waals surface area contributed by atoms with Crippen molar-refractivity contribution < 1.29 is 9.59 Å². The van der Waals surface area contributed by atoms with Crippen molar-refractivity contribution in [2.45, 2.75) is 31.7 Å². The normalized spacial score (nSPS) is 20.1. The van der Waals surface area contributed by atoms with E-state index in [0.717, 1.165) is 37.2 Å². The number of carbonyl (C=O) groups excluding carboxylic acids is 2. The lowest BCUT2D eigenvalue weighted by Gasteiger charge is -2.28. The molecular formula is C22H23N3O2. The maximum atomic E-state index is 13.0. The summed E-state index contributed by atoms with van der Waals surface area (Å²) < 4.78 is 2.04. The van der Waals surface area contributed by atoms with Gasteiger partial charge in [0.05, 0.1) is 11.2 Å². The van der Waals surface area contributed by atoms with Crippen LogP contribution < -0.4 is 0 Å². The van der Waals surface area contributed by atoms with Crippen molar-refractivity contribution in [3.8, 4) is 5.69 Å². The van der Waals surface area contributed by atoms with E-state index in [1.165, 1.54) is 16.7 Å². The van der Waals surface area contributed by atoms with E-state index in [1.54, 1.807) is 6.92 Å². The highest BCUT2D eigenvalue weighted by Crippen LogP contribution is 2.54. The Morgan fingerprint density at radius 2 is 2.00 bits per heavy atom. The van der Waals surface area contributed by atoms with E-state index < -0.39 is 0 Å². The molecule has 3 aliphatic rings. The number of aromatic nitrogens is 1. The lowest BCUT2D eigenvalue weighted by molar-refractivity contribution is -0.128. The molecule has 27 heavy (non-hydrogen) atoms. The number of amides is 2. The molecule has 138 valence electrons. The van der Waals surface area contributed by atoms with Gasteiger partial charge in [0.15, 0.2) is 0 Å². The van der Waals surface area contributed by atoms with Gasteiger partial charge in [-0.2, -0.15) is 0 Å². The minimum Gasteiger partial charge on any atom is -0.339 e. The Labute approximate surface area is 158 Å². The van der Waals surface area contributed by atoms with Crippen LogP contribution in [-0.4, -0.2) is 46.3 Å². The molecule has 2 aliphatic heterocycles. The van der Waals surface area contributed by atoms with Crippen LogP contribution in [0.2, 0.25) is 0 Å². The van der Waals surface area contributed by atoms with Crippen molar-refractivity contribution >= 4 is 17.4 Å². The minimum atomic E-state index is -0.156. The first-order valence-corrected chi connectivity index (χ1v) is 9.57. The third-order valence-electron chi connectivity index (χ3n) is 6.42. The van der Waals surface area contributed by atoms with Gasteiger partial charge in [0, 0.05) is 38.8 Å². The van der Waals surface area contributed by atoms with Crippen LogP contribution in [0.25, 0.3) is 11.3 Å². The van der Waals surface area contributed by atoms with Gasteiger partial charge in [-0.1, -0.05) is 18.2 Å². The summed E-state index contributed by atoms with van der Waals surface area (Å²) in [5, 5.41) is 0. The average Bonchev–Trinajstić information content (AvgIpc) is 3.36. The Morgan fingerprint density at radius 1 is 1.19 bits per heavy atom. The molecule has 0 unspecified atom stereocenters. The standard InChI is InChI=1S/C22H23N3O2/c1-15(26)24-12-7-16(8-13-24)17-5-6-18-20(14-17)25-11-3-4-19(25)21(27)23(2)22(18)9-10-22/h3-7,11,14H,8-10,12-13H2,1-2H3. The fourth-order valence-electron chi connectivity index (χ4n) is 4.58. The second kappa shape index (κ2) is 5.59. The Kier molecular flexibility index (Phi) is 3.39. The van der Waals surface area contributed by atoms with E-state index in [2.05, 4.69) is 24.3 Å². The first-order valence-electron chi connectivity index (χ1n) is 9.57. The predicted molar refractivity (Wildman–Crippen MR) is 104 cm³/mol. The molecule has 0 N–H and O–H groups in total. The van der Waals surface area contributed by atoms with Crippen molar-refractivity contribution in [1.29, 1.82) is 0 Å². The Balaban J connectivity index is 1.62. The lowest BCUT2D eigenvalue weighted by atomic mass is 9.94. The molecule has 0 atom stereocenters. The summed E-state index contributed by atoms with van der Waals surface area (Å²) in [5.74, 6) is 0.214. The van der Waals surface area contributed by atoms with Crippen LogP contribution >= 0.6 is 0 Å². The van der Waals surface area contributed by atoms with Crippen LogP contribution in [0.1, 0.15) is 47.8 Å². The molecule has 3 heterocycles. The molecule has 2 aromatic rings. The molecule has 1 saturated carbocycles. The molecule has 5 rings (SSSR count). The van der Waals surface area contributed by atoms with Crippen LogP contribution in [0, 0.1) is 0 Å². The summed E-state index contributed by atoms with van der Waals surface area (Å²) in [7, 11) is 1.93. The third-order valence-corrected chi connectivity index (χ3v) is 6.42. The zero-order chi connectivity index (χ0) is 18.8. The van der Waals surface area contributed by atoms with Crippen LogP contribution in [0.3, 0.4) is 0 Å². The van der Waals surface area contributed by atoms with Gasteiger partial charge in [0.1, 0.15) is 5.69 Å². The first-order chi connectivity index (χ1) is 13.0. The molecule has 1 aromatic heterocycles. The van der Waals surface area contributed by atoms with Gasteiger partial charge in [0.25, 0.3) is 5.91 Å². The summed E-state index contributed by atoms with van der Waals surface area (Å²) >= 11 is 0. The van der Waals surface area contributed by atoms with E-state index in [4.69, 9.17) is 0 Å². The number of hydrogen-bond acceptors (Lipinski definition) is 2. The molecule has 0 bridgehead atoms. The van der Waals surface area contributed by atoms with E-state index in [0.29, 0.717) is 6.54 Å². The van der Waals surface area contributed by atoms with Gasteiger partial charge in [-0.15, -0.1) is 0 Å². The summed E-state index contributed by atoms with van der Waals surface area (Å²) in [4.78, 5) is 28.3. The van der Waals surface area contributed by atoms with Crippen LogP contribution in [-0.2, 0) is 10.3 Å². The van der Waals surface area contributed by atoms with Gasteiger partial charge >= 0.3 is 0 Å². The van der Waals surface area contributed by atoms with Crippen molar-refractivity contribution in [2.75, 3.05) is 20.1 Å². The monoisotopic (exact) mass is 361 g/mol. The average molecular weight is 361 g/mol. The molecule has 5 heteroatoms. The number of fused-ring (bicyclic) bond motifs is 4. The summed E-state index contributed by atoms with van der Waals surface area (Å²) in [5.41, 5.74) is 5.37. The van der Waals surface area contributed by atoms with Gasteiger partial charge in [-0.3, -0.25) is 9.59 Å². The molecule has 1 aliphatic carbocycles. The maximum Gasteiger partial charge on any atom is 0.271 e. The fraction of sp³-hybridized carbons (Fsp3) is 0.364. The maximum absolute atomic E-state index is 13.0. The molecule has 1 spiro atoms. The number of benzene rings is 1. The zero-order valence-corrected chi connectivity index (χ0v) is 15.7. The van der Waals surface area contributed by atoms with Crippen molar-refractivity contribution in [3.63, 3.8) is 0 Å². The van der Waals surface area contributed by atoms with Crippen LogP contribution in [0.4, 0.5) is 0 Å². The second-order valence-electron chi connectivity index (χ2n) is 7.84. The van der Waals surface area contributed by atoms with Gasteiger partial charge in [-0.05, 0) is 48.6 Å². The van der Waals surface area contributed by atoms with E-state index in [-0.39, 0.29) is 17.4 Å². The molecule has 0 radical (unpaired) electrons. The molecular weight excluding hydrogens is 338 g/mol. The fourth-order valence-corrected chi connectivity index (χ4v) is 4.58. The molecule has 0 saturated heterocycles. The largest absolute Gasteiger partial charge is 0.339 e. The highest BCUT2D eigenvalue weighted by atomic mass is 16.2. The summed E-state index contributed by atoms with van der Waals surface area (Å²) in [6.07, 6.45) is 7.04. The number of hydrogen-bond donors (Lipinski definition) is 0. The number of carbonyl (C=O) groups is 2. The topological polar surface area (TPSA) is 45.6 Å². The number of rotatable bonds is 1. The Morgan fingerprint density at radius 3 is 2.67 bits per heavy atom. The highest BCUT2D eigenvalue weighted by molar-refractivity contribution is 5.95. The Bertz CT molecular complexity index is 997. The molecule has 5 nitrogen and oxygen atoms in total. The van der Waals surface area contributed by atoms with E-state index in [9.17, 15) is 9.59 Å². The van der Waals surface area contributed by atoms with Gasteiger partial charge < -0.3 is 14.4 Å². The minimum absolute atomic E-state index is 0.0873. The molecule has 1 aromatic carbocycles. The smallest absolute Gasteiger partial charge is 0.271 e. The summed E-state index contributed by atoms with van der Waals surface area (Å²) in [6, 6.07) is 10.4. The second-order valence-corrected chi connectivity index (χ2v) is 7.84. The molecule has 1 fully saturated rings. The van der Waals surface area contributed by atoms with Gasteiger partial charge in [-0.25, -0.2) is 0 Å². The van der Waals surface area contributed by atoms with Crippen molar-refractivity contribution in [2.24, 2.45) is 0 Å². The van der Waals surface area contributed by atoms with E-state index in [1.807, 2.05) is 39.7 Å². The SMILES string of the molecule is CC(=O)N1CC=C(c2ccc3c(c2)-n2cccc2C(=O)N(C)C32CC2)CC1. The first kappa shape index (κ1) is 16.4.